The average molecular weight is 439 g/mol. The van der Waals surface area contributed by atoms with Gasteiger partial charge < -0.3 is 4.74 Å². The number of carbonyl (C=O) groups is 1. The Hall–Kier alpha value is -2.30. The van der Waals surface area contributed by atoms with E-state index >= 15 is 0 Å². The van der Waals surface area contributed by atoms with Gasteiger partial charge in [-0.25, -0.2) is 12.8 Å². The van der Waals surface area contributed by atoms with Crippen LogP contribution in [0.25, 0.3) is 11.1 Å². The first-order valence-electron chi connectivity index (χ1n) is 9.94. The molecule has 1 saturated carbocycles. The zero-order chi connectivity index (χ0) is 21.7. The van der Waals surface area contributed by atoms with Gasteiger partial charge in [0.05, 0.1) is 30.2 Å². The van der Waals surface area contributed by atoms with E-state index in [1.807, 2.05) is 0 Å². The van der Waals surface area contributed by atoms with E-state index in [2.05, 4.69) is 15.4 Å². The number of hydrazine groups is 1. The van der Waals surface area contributed by atoms with Gasteiger partial charge in [-0.3, -0.25) is 14.9 Å². The van der Waals surface area contributed by atoms with E-state index in [0.717, 1.165) is 19.3 Å². The molecule has 10 heteroatoms. The van der Waals surface area contributed by atoms with Crippen LogP contribution in [0.4, 0.5) is 4.39 Å². The van der Waals surface area contributed by atoms with E-state index in [-0.39, 0.29) is 11.1 Å². The van der Waals surface area contributed by atoms with Gasteiger partial charge in [-0.1, -0.05) is 19.3 Å². The van der Waals surface area contributed by atoms with Gasteiger partial charge in [0.15, 0.2) is 0 Å². The van der Waals surface area contributed by atoms with Crippen LogP contribution in [0.15, 0.2) is 24.5 Å². The minimum absolute atomic E-state index is 0.235. The van der Waals surface area contributed by atoms with Gasteiger partial charge in [-0.15, -0.1) is 4.83 Å². The van der Waals surface area contributed by atoms with Crippen molar-refractivity contribution in [3.8, 4) is 11.1 Å². The van der Waals surface area contributed by atoms with Crippen LogP contribution in [0.5, 0.6) is 0 Å². The van der Waals surface area contributed by atoms with E-state index in [9.17, 15) is 17.6 Å². The van der Waals surface area contributed by atoms with Gasteiger partial charge in [-0.05, 0) is 43.0 Å². The highest BCUT2D eigenvalue weighted by atomic mass is 32.2. The highest BCUT2D eigenvalue weighted by Gasteiger charge is 2.28. The molecule has 0 radical (unpaired) electrons. The number of nitrogens with one attached hydrogen (secondary N) is 2. The van der Waals surface area contributed by atoms with Crippen molar-refractivity contribution >= 4 is 15.9 Å². The van der Waals surface area contributed by atoms with E-state index in [1.54, 1.807) is 37.2 Å². The molecule has 30 heavy (non-hydrogen) atoms. The molecule has 0 spiro atoms. The van der Waals surface area contributed by atoms with Crippen molar-refractivity contribution in [3.05, 3.63) is 41.5 Å². The Morgan fingerprint density at radius 2 is 2.00 bits per heavy atom. The molecule has 1 fully saturated rings. The van der Waals surface area contributed by atoms with Gasteiger partial charge in [0, 0.05) is 18.9 Å². The number of aryl methyl sites for hydroxylation is 1. The van der Waals surface area contributed by atoms with Crippen LogP contribution in [-0.2, 0) is 21.3 Å². The third-order valence-electron chi connectivity index (χ3n) is 5.29. The molecule has 1 heterocycles. The summed E-state index contributed by atoms with van der Waals surface area (Å²) in [6.45, 7) is 2.61. The summed E-state index contributed by atoms with van der Waals surface area (Å²) in [6, 6.07) is 3.01. The number of hydrogen-bond donors (Lipinski definition) is 2. The molecule has 0 aliphatic heterocycles. The van der Waals surface area contributed by atoms with Gasteiger partial charge in [0.25, 0.3) is 5.91 Å². The molecular weight excluding hydrogens is 411 g/mol. The number of rotatable bonds is 8. The van der Waals surface area contributed by atoms with Crippen molar-refractivity contribution in [1.82, 2.24) is 20.0 Å². The minimum Gasteiger partial charge on any atom is -0.383 e. The maximum atomic E-state index is 14.6. The number of amides is 1. The fourth-order valence-corrected chi connectivity index (χ4v) is 4.92. The van der Waals surface area contributed by atoms with Crippen LogP contribution in [0.2, 0.25) is 0 Å². The SMILES string of the molecule is COCCn1cc(-c2cc(C)c(F)c(C(=O)NNS(=O)(=O)C3CCCCC3)c2)cn1. The molecule has 0 bridgehead atoms. The quantitative estimate of drug-likeness (QED) is 0.617. The molecule has 1 aromatic heterocycles. The van der Waals surface area contributed by atoms with Gasteiger partial charge in [0.1, 0.15) is 5.82 Å². The topological polar surface area (TPSA) is 102 Å². The molecule has 0 unspecified atom stereocenters. The lowest BCUT2D eigenvalue weighted by molar-refractivity contribution is 0.0940. The summed E-state index contributed by atoms with van der Waals surface area (Å²) in [5.74, 6) is -1.54. The van der Waals surface area contributed by atoms with Crippen molar-refractivity contribution < 1.29 is 22.3 Å². The van der Waals surface area contributed by atoms with Crippen molar-refractivity contribution in [2.45, 2.75) is 50.8 Å². The predicted octanol–water partition coefficient (Wildman–Crippen LogP) is 2.54. The molecule has 1 amide bonds. The number of methoxy groups -OCH3 is 1. The molecule has 0 atom stereocenters. The summed E-state index contributed by atoms with van der Waals surface area (Å²) in [5, 5.41) is 3.69. The Labute approximate surface area is 175 Å². The van der Waals surface area contributed by atoms with Gasteiger partial charge in [0.2, 0.25) is 10.0 Å². The van der Waals surface area contributed by atoms with Gasteiger partial charge >= 0.3 is 0 Å². The Morgan fingerprint density at radius 1 is 1.27 bits per heavy atom. The number of sulfonamides is 1. The molecule has 8 nitrogen and oxygen atoms in total. The smallest absolute Gasteiger partial charge is 0.269 e. The fraction of sp³-hybridized carbons (Fsp3) is 0.500. The molecule has 164 valence electrons. The normalized spacial score (nSPS) is 15.3. The molecule has 2 N–H and O–H groups in total. The monoisotopic (exact) mass is 438 g/mol. The summed E-state index contributed by atoms with van der Waals surface area (Å²) < 4.78 is 46.2. The zero-order valence-corrected chi connectivity index (χ0v) is 18.0. The molecule has 1 aliphatic rings. The van der Waals surface area contributed by atoms with E-state index < -0.39 is 27.0 Å². The number of hydrogen-bond acceptors (Lipinski definition) is 5. The van der Waals surface area contributed by atoms with Crippen molar-refractivity contribution in [3.63, 3.8) is 0 Å². The Kier molecular flexibility index (Phi) is 7.22. The molecule has 0 saturated heterocycles. The largest absolute Gasteiger partial charge is 0.383 e. The first-order valence-corrected chi connectivity index (χ1v) is 11.5. The number of carbonyl (C=O) groups excluding carboxylic acids is 1. The summed E-state index contributed by atoms with van der Waals surface area (Å²) in [5.41, 5.74) is 3.53. The Balaban J connectivity index is 1.76. The second kappa shape index (κ2) is 9.67. The first kappa shape index (κ1) is 22.4. The Bertz CT molecular complexity index is 1000. The summed E-state index contributed by atoms with van der Waals surface area (Å²) in [4.78, 5) is 14.7. The van der Waals surface area contributed by atoms with E-state index in [0.29, 0.717) is 37.1 Å². The summed E-state index contributed by atoms with van der Waals surface area (Å²) in [6.07, 6.45) is 7.20. The second-order valence-corrected chi connectivity index (χ2v) is 9.46. The van der Waals surface area contributed by atoms with Crippen LogP contribution in [-0.4, -0.2) is 43.1 Å². The number of benzene rings is 1. The number of aromatic nitrogens is 2. The van der Waals surface area contributed by atoms with Crippen LogP contribution in [0.1, 0.15) is 48.0 Å². The molecular formula is C20H27FN4O4S. The molecule has 1 aliphatic carbocycles. The lowest BCUT2D eigenvalue weighted by Gasteiger charge is -2.22. The van der Waals surface area contributed by atoms with E-state index in [1.165, 1.54) is 6.07 Å². The van der Waals surface area contributed by atoms with Crippen molar-refractivity contribution in [1.29, 1.82) is 0 Å². The van der Waals surface area contributed by atoms with Crippen LogP contribution < -0.4 is 10.3 Å². The third kappa shape index (κ3) is 5.24. The number of nitrogens with zero attached hydrogens (tertiary/aromatic N) is 2. The van der Waals surface area contributed by atoms with Crippen LogP contribution in [0.3, 0.4) is 0 Å². The lowest BCUT2D eigenvalue weighted by atomic mass is 10.0. The van der Waals surface area contributed by atoms with Crippen LogP contribution >= 0.6 is 0 Å². The highest BCUT2D eigenvalue weighted by Crippen LogP contribution is 2.25. The summed E-state index contributed by atoms with van der Waals surface area (Å²) in [7, 11) is -2.11. The van der Waals surface area contributed by atoms with Crippen LogP contribution in [0, 0.1) is 12.7 Å². The molecule has 2 aromatic rings. The highest BCUT2D eigenvalue weighted by molar-refractivity contribution is 7.90. The third-order valence-corrected chi connectivity index (χ3v) is 7.02. The number of ether oxygens (including phenoxy) is 1. The minimum atomic E-state index is -3.71. The molecule has 1 aromatic carbocycles. The lowest BCUT2D eigenvalue weighted by Crippen LogP contribution is -2.46. The maximum absolute atomic E-state index is 14.6. The summed E-state index contributed by atoms with van der Waals surface area (Å²) >= 11 is 0. The second-order valence-electron chi connectivity index (χ2n) is 7.50. The predicted molar refractivity (Wildman–Crippen MR) is 111 cm³/mol. The Morgan fingerprint density at radius 3 is 2.70 bits per heavy atom. The number of halogens is 1. The average Bonchev–Trinajstić information content (AvgIpc) is 3.22. The first-order chi connectivity index (χ1) is 14.3. The molecule has 3 rings (SSSR count). The fourth-order valence-electron chi connectivity index (χ4n) is 3.56. The van der Waals surface area contributed by atoms with E-state index in [4.69, 9.17) is 4.74 Å². The van der Waals surface area contributed by atoms with Gasteiger partial charge in [-0.2, -0.15) is 5.10 Å². The standard InChI is InChI=1S/C20H27FN4O4S/c1-14-10-15(16-12-22-25(13-16)8-9-29-2)11-18(19(14)21)20(26)23-24-30(27,28)17-6-4-3-5-7-17/h10-13,17,24H,3-9H2,1-2H3,(H,23,26). The van der Waals surface area contributed by atoms with Crippen molar-refractivity contribution in [2.24, 2.45) is 0 Å². The zero-order valence-electron chi connectivity index (χ0n) is 17.2. The van der Waals surface area contributed by atoms with Crippen molar-refractivity contribution in [2.75, 3.05) is 13.7 Å². The maximum Gasteiger partial charge on any atom is 0.269 e.